The van der Waals surface area contributed by atoms with Crippen LogP contribution in [0.15, 0.2) is 24.4 Å². The lowest BCUT2D eigenvalue weighted by atomic mass is 9.93. The third-order valence-electron chi connectivity index (χ3n) is 4.14. The minimum Gasteiger partial charge on any atom is -0.494 e. The topological polar surface area (TPSA) is 39.1 Å². The minimum atomic E-state index is -0.317. The van der Waals surface area contributed by atoms with E-state index in [0.29, 0.717) is 12.6 Å². The quantitative estimate of drug-likeness (QED) is 0.940. The molecule has 0 amide bonds. The molecule has 1 aliphatic carbocycles. The normalized spacial score (nSPS) is 17.6. The first-order valence-electron chi connectivity index (χ1n) is 7.25. The number of halogens is 1. The van der Waals surface area contributed by atoms with Gasteiger partial charge in [-0.3, -0.25) is 4.68 Å². The fourth-order valence-corrected chi connectivity index (χ4v) is 2.98. The molecule has 0 bridgehead atoms. The van der Waals surface area contributed by atoms with Crippen LogP contribution in [0.1, 0.15) is 35.7 Å². The van der Waals surface area contributed by atoms with Crippen molar-refractivity contribution in [2.24, 2.45) is 7.05 Å². The van der Waals surface area contributed by atoms with Crippen LogP contribution in [0.2, 0.25) is 0 Å². The summed E-state index contributed by atoms with van der Waals surface area (Å²) in [5, 5.41) is 7.85. The Labute approximate surface area is 123 Å². The molecular weight excluding hydrogens is 269 g/mol. The van der Waals surface area contributed by atoms with Gasteiger partial charge in [0.15, 0.2) is 11.6 Å². The third kappa shape index (κ3) is 2.78. The predicted octanol–water partition coefficient (Wildman–Crippen LogP) is 2.74. The molecule has 3 rings (SSSR count). The van der Waals surface area contributed by atoms with Crippen LogP contribution in [0.25, 0.3) is 0 Å². The zero-order chi connectivity index (χ0) is 14.8. The maximum Gasteiger partial charge on any atom is 0.165 e. The number of fused-ring (bicyclic) bond motifs is 1. The monoisotopic (exact) mass is 289 g/mol. The van der Waals surface area contributed by atoms with Crippen LogP contribution in [0.5, 0.6) is 5.75 Å². The molecule has 0 fully saturated rings. The van der Waals surface area contributed by atoms with E-state index in [0.717, 1.165) is 24.8 Å². The van der Waals surface area contributed by atoms with Gasteiger partial charge in [0.25, 0.3) is 0 Å². The van der Waals surface area contributed by atoms with Crippen LogP contribution in [0.3, 0.4) is 0 Å². The number of ether oxygens (including phenoxy) is 1. The summed E-state index contributed by atoms with van der Waals surface area (Å²) in [6.45, 7) is 0.639. The first-order chi connectivity index (χ1) is 10.2. The molecule has 1 unspecified atom stereocenters. The molecule has 0 saturated heterocycles. The highest BCUT2D eigenvalue weighted by Crippen LogP contribution is 2.29. The van der Waals surface area contributed by atoms with Crippen molar-refractivity contribution in [1.29, 1.82) is 0 Å². The summed E-state index contributed by atoms with van der Waals surface area (Å²) in [4.78, 5) is 0. The lowest BCUT2D eigenvalue weighted by molar-refractivity contribution is 0.385. The number of methoxy groups -OCH3 is 1. The van der Waals surface area contributed by atoms with Gasteiger partial charge < -0.3 is 10.1 Å². The number of nitrogens with zero attached hydrogens (tertiary/aromatic N) is 2. The summed E-state index contributed by atoms with van der Waals surface area (Å²) >= 11 is 0. The summed E-state index contributed by atoms with van der Waals surface area (Å²) in [7, 11) is 3.46. The number of nitrogens with one attached hydrogen (secondary N) is 1. The second-order valence-corrected chi connectivity index (χ2v) is 5.46. The van der Waals surface area contributed by atoms with Crippen molar-refractivity contribution < 1.29 is 9.13 Å². The van der Waals surface area contributed by atoms with Crippen LogP contribution in [0.4, 0.5) is 4.39 Å². The van der Waals surface area contributed by atoms with Gasteiger partial charge in [0.05, 0.1) is 13.3 Å². The van der Waals surface area contributed by atoms with Gasteiger partial charge in [-0.15, -0.1) is 0 Å². The molecule has 4 nitrogen and oxygen atoms in total. The first-order valence-corrected chi connectivity index (χ1v) is 7.25. The van der Waals surface area contributed by atoms with Gasteiger partial charge in [0.1, 0.15) is 0 Å². The zero-order valence-electron chi connectivity index (χ0n) is 12.4. The maximum absolute atomic E-state index is 13.7. The Morgan fingerprint density at radius 3 is 3.10 bits per heavy atom. The number of benzene rings is 1. The molecule has 0 radical (unpaired) electrons. The fraction of sp³-hybridized carbons (Fsp3) is 0.438. The molecule has 1 N–H and O–H groups in total. The maximum atomic E-state index is 13.7. The zero-order valence-corrected chi connectivity index (χ0v) is 12.4. The molecule has 112 valence electrons. The highest BCUT2D eigenvalue weighted by molar-refractivity contribution is 5.30. The third-order valence-corrected chi connectivity index (χ3v) is 4.14. The molecular formula is C16H20FN3O. The van der Waals surface area contributed by atoms with Crippen molar-refractivity contribution in [2.75, 3.05) is 7.11 Å². The molecule has 1 heterocycles. The standard InChI is InChI=1S/C16H20FN3O/c1-20-15-5-3-4-14(12(15)10-19-20)18-9-11-6-7-16(21-2)13(17)8-11/h6-8,10,14,18H,3-5,9H2,1-2H3. The average molecular weight is 289 g/mol. The van der Waals surface area contributed by atoms with Crippen molar-refractivity contribution >= 4 is 0 Å². The second-order valence-electron chi connectivity index (χ2n) is 5.46. The van der Waals surface area contributed by atoms with E-state index in [1.54, 1.807) is 6.07 Å². The number of aryl methyl sites for hydroxylation is 1. The number of rotatable bonds is 4. The molecule has 1 atom stereocenters. The SMILES string of the molecule is COc1ccc(CNC2CCCc3c2cnn3C)cc1F. The summed E-state index contributed by atoms with van der Waals surface area (Å²) in [6.07, 6.45) is 5.28. The lowest BCUT2D eigenvalue weighted by Crippen LogP contribution is -2.25. The molecule has 1 aromatic carbocycles. The molecule has 2 aromatic rings. The van der Waals surface area contributed by atoms with Gasteiger partial charge >= 0.3 is 0 Å². The van der Waals surface area contributed by atoms with Crippen LogP contribution < -0.4 is 10.1 Å². The molecule has 0 saturated carbocycles. The van der Waals surface area contributed by atoms with Crippen LogP contribution in [-0.4, -0.2) is 16.9 Å². The predicted molar refractivity (Wildman–Crippen MR) is 78.7 cm³/mol. The number of hydrogen-bond donors (Lipinski definition) is 1. The molecule has 0 aliphatic heterocycles. The van der Waals surface area contributed by atoms with Gasteiger partial charge in [0.2, 0.25) is 0 Å². The Morgan fingerprint density at radius 2 is 2.33 bits per heavy atom. The van der Waals surface area contributed by atoms with E-state index in [9.17, 15) is 4.39 Å². The van der Waals surface area contributed by atoms with Gasteiger partial charge in [0, 0.05) is 30.9 Å². The van der Waals surface area contributed by atoms with Crippen LogP contribution >= 0.6 is 0 Å². The fourth-order valence-electron chi connectivity index (χ4n) is 2.98. The summed E-state index contributed by atoms with van der Waals surface area (Å²) in [5.74, 6) is -0.0338. The van der Waals surface area contributed by atoms with E-state index >= 15 is 0 Å². The molecule has 0 spiro atoms. The van der Waals surface area contributed by atoms with E-state index in [-0.39, 0.29) is 11.6 Å². The number of hydrogen-bond acceptors (Lipinski definition) is 3. The number of aromatic nitrogens is 2. The Bertz CT molecular complexity index is 638. The Morgan fingerprint density at radius 1 is 1.48 bits per heavy atom. The highest BCUT2D eigenvalue weighted by Gasteiger charge is 2.22. The van der Waals surface area contributed by atoms with Crippen molar-refractivity contribution in [3.8, 4) is 5.75 Å². The van der Waals surface area contributed by atoms with Crippen LogP contribution in [0, 0.1) is 5.82 Å². The molecule has 5 heteroatoms. The van der Waals surface area contributed by atoms with E-state index < -0.39 is 0 Å². The van der Waals surface area contributed by atoms with Crippen molar-refractivity contribution in [2.45, 2.75) is 31.8 Å². The van der Waals surface area contributed by atoms with Gasteiger partial charge in [-0.05, 0) is 37.0 Å². The second kappa shape index (κ2) is 5.85. The van der Waals surface area contributed by atoms with Crippen molar-refractivity contribution in [3.05, 3.63) is 47.0 Å². The summed E-state index contributed by atoms with van der Waals surface area (Å²) < 4.78 is 20.6. The van der Waals surface area contributed by atoms with E-state index in [1.165, 1.54) is 24.4 Å². The lowest BCUT2D eigenvalue weighted by Gasteiger charge is -2.24. The highest BCUT2D eigenvalue weighted by atomic mass is 19.1. The Balaban J connectivity index is 1.70. The Kier molecular flexibility index (Phi) is 3.92. The first kappa shape index (κ1) is 14.1. The molecule has 1 aromatic heterocycles. The van der Waals surface area contributed by atoms with Crippen LogP contribution in [-0.2, 0) is 20.0 Å². The van der Waals surface area contributed by atoms with Gasteiger partial charge in [-0.2, -0.15) is 5.10 Å². The van der Waals surface area contributed by atoms with Crippen molar-refractivity contribution in [3.63, 3.8) is 0 Å². The Hall–Kier alpha value is -1.88. The van der Waals surface area contributed by atoms with Gasteiger partial charge in [-0.25, -0.2) is 4.39 Å². The molecule has 1 aliphatic rings. The van der Waals surface area contributed by atoms with Crippen molar-refractivity contribution in [1.82, 2.24) is 15.1 Å². The van der Waals surface area contributed by atoms with E-state index in [2.05, 4.69) is 10.4 Å². The minimum absolute atomic E-state index is 0.283. The van der Waals surface area contributed by atoms with E-state index in [4.69, 9.17) is 4.74 Å². The summed E-state index contributed by atoms with van der Waals surface area (Å²) in [5.41, 5.74) is 3.50. The molecule has 21 heavy (non-hydrogen) atoms. The van der Waals surface area contributed by atoms with E-state index in [1.807, 2.05) is 24.0 Å². The van der Waals surface area contributed by atoms with Gasteiger partial charge in [-0.1, -0.05) is 6.07 Å². The average Bonchev–Trinajstić information content (AvgIpc) is 2.87. The summed E-state index contributed by atoms with van der Waals surface area (Å²) in [6, 6.07) is 5.39. The smallest absolute Gasteiger partial charge is 0.165 e. The largest absolute Gasteiger partial charge is 0.494 e.